The molecule has 1 rings (SSSR count). The first-order chi connectivity index (χ1) is 6.89. The molecule has 2 heteroatoms. The van der Waals surface area contributed by atoms with Gasteiger partial charge in [0.2, 0.25) is 0 Å². The SMILES string of the molecule is ClC1=NCCCCCCCCCCC1. The van der Waals surface area contributed by atoms with Crippen LogP contribution in [0.2, 0.25) is 0 Å². The fraction of sp³-hybridized carbons (Fsp3) is 0.917. The van der Waals surface area contributed by atoms with Crippen LogP contribution < -0.4 is 0 Å². The maximum absolute atomic E-state index is 6.00. The Hall–Kier alpha value is -0.0400. The molecular weight excluding hydrogens is 194 g/mol. The minimum Gasteiger partial charge on any atom is -0.278 e. The van der Waals surface area contributed by atoms with Gasteiger partial charge in [0.1, 0.15) is 5.17 Å². The number of hydrogen-bond donors (Lipinski definition) is 0. The highest BCUT2D eigenvalue weighted by Gasteiger charge is 1.98. The first-order valence-corrected chi connectivity index (χ1v) is 6.46. The molecule has 0 saturated carbocycles. The lowest BCUT2D eigenvalue weighted by molar-refractivity contribution is 0.567. The lowest BCUT2D eigenvalue weighted by Gasteiger charge is -2.00. The first kappa shape index (κ1) is 12.0. The van der Waals surface area contributed by atoms with Crippen LogP contribution in [0.4, 0.5) is 0 Å². The molecule has 0 fully saturated rings. The molecule has 82 valence electrons. The average molecular weight is 216 g/mol. The quantitative estimate of drug-likeness (QED) is 0.563. The molecule has 0 aromatic carbocycles. The van der Waals surface area contributed by atoms with Crippen molar-refractivity contribution in [1.29, 1.82) is 0 Å². The Labute approximate surface area is 92.9 Å². The lowest BCUT2D eigenvalue weighted by atomic mass is 10.1. The summed E-state index contributed by atoms with van der Waals surface area (Å²) in [7, 11) is 0. The van der Waals surface area contributed by atoms with Crippen LogP contribution in [0.1, 0.15) is 64.2 Å². The van der Waals surface area contributed by atoms with Crippen molar-refractivity contribution < 1.29 is 0 Å². The van der Waals surface area contributed by atoms with E-state index in [0.29, 0.717) is 0 Å². The van der Waals surface area contributed by atoms with Crippen LogP contribution in [0.15, 0.2) is 4.99 Å². The minimum atomic E-state index is 0.851. The first-order valence-electron chi connectivity index (χ1n) is 6.08. The summed E-state index contributed by atoms with van der Waals surface area (Å²) in [6, 6.07) is 0. The van der Waals surface area contributed by atoms with E-state index in [1.54, 1.807) is 0 Å². The maximum Gasteiger partial charge on any atom is 0.100 e. The molecule has 0 atom stereocenters. The van der Waals surface area contributed by atoms with Gasteiger partial charge < -0.3 is 0 Å². The van der Waals surface area contributed by atoms with Crippen molar-refractivity contribution in [3.63, 3.8) is 0 Å². The van der Waals surface area contributed by atoms with Crippen molar-refractivity contribution in [2.45, 2.75) is 64.2 Å². The van der Waals surface area contributed by atoms with E-state index in [4.69, 9.17) is 11.6 Å². The molecule has 0 aromatic rings. The molecule has 14 heavy (non-hydrogen) atoms. The Kier molecular flexibility index (Phi) is 7.12. The van der Waals surface area contributed by atoms with Crippen molar-refractivity contribution in [1.82, 2.24) is 0 Å². The smallest absolute Gasteiger partial charge is 0.100 e. The van der Waals surface area contributed by atoms with Gasteiger partial charge in [-0.15, -0.1) is 0 Å². The van der Waals surface area contributed by atoms with E-state index in [2.05, 4.69) is 4.99 Å². The van der Waals surface area contributed by atoms with Gasteiger partial charge in [-0.25, -0.2) is 0 Å². The molecule has 0 bridgehead atoms. The second kappa shape index (κ2) is 8.28. The number of halogens is 1. The van der Waals surface area contributed by atoms with Crippen molar-refractivity contribution in [3.05, 3.63) is 0 Å². The predicted molar refractivity (Wildman–Crippen MR) is 64.3 cm³/mol. The summed E-state index contributed by atoms with van der Waals surface area (Å²) < 4.78 is 0. The monoisotopic (exact) mass is 215 g/mol. The van der Waals surface area contributed by atoms with E-state index in [-0.39, 0.29) is 0 Å². The van der Waals surface area contributed by atoms with Gasteiger partial charge in [0.05, 0.1) is 0 Å². The Balaban J connectivity index is 2.21. The topological polar surface area (TPSA) is 12.4 Å². The van der Waals surface area contributed by atoms with Gasteiger partial charge in [0.15, 0.2) is 0 Å². The van der Waals surface area contributed by atoms with E-state index >= 15 is 0 Å². The molecule has 0 spiro atoms. The highest BCUT2D eigenvalue weighted by atomic mass is 35.5. The van der Waals surface area contributed by atoms with E-state index in [1.165, 1.54) is 57.8 Å². The molecule has 0 amide bonds. The average Bonchev–Trinajstić information content (AvgIpc) is 2.20. The van der Waals surface area contributed by atoms with Gasteiger partial charge in [-0.05, 0) is 12.8 Å². The zero-order chi connectivity index (χ0) is 10.1. The molecule has 1 nitrogen and oxygen atoms in total. The fourth-order valence-electron chi connectivity index (χ4n) is 1.90. The summed E-state index contributed by atoms with van der Waals surface area (Å²) in [4.78, 5) is 4.37. The van der Waals surface area contributed by atoms with Crippen LogP contribution in [-0.2, 0) is 0 Å². The van der Waals surface area contributed by atoms with Crippen LogP contribution >= 0.6 is 11.6 Å². The molecule has 0 aromatic heterocycles. The van der Waals surface area contributed by atoms with Gasteiger partial charge in [-0.2, -0.15) is 0 Å². The molecular formula is C12H22ClN. The lowest BCUT2D eigenvalue weighted by Crippen LogP contribution is -1.91. The summed E-state index contributed by atoms with van der Waals surface area (Å²) in [5.74, 6) is 0. The zero-order valence-corrected chi connectivity index (χ0v) is 9.86. The van der Waals surface area contributed by atoms with E-state index in [0.717, 1.165) is 18.1 Å². The Bertz CT molecular complexity index is 166. The van der Waals surface area contributed by atoms with Crippen molar-refractivity contribution in [2.75, 3.05) is 6.54 Å². The second-order valence-electron chi connectivity index (χ2n) is 4.19. The molecule has 1 aliphatic rings. The minimum absolute atomic E-state index is 0.851. The third-order valence-electron chi connectivity index (χ3n) is 2.82. The number of nitrogens with zero attached hydrogens (tertiary/aromatic N) is 1. The summed E-state index contributed by atoms with van der Waals surface area (Å²) in [6.45, 7) is 0.943. The van der Waals surface area contributed by atoms with Crippen LogP contribution in [0.25, 0.3) is 0 Å². The zero-order valence-electron chi connectivity index (χ0n) is 9.10. The molecule has 0 unspecified atom stereocenters. The third kappa shape index (κ3) is 6.42. The summed E-state index contributed by atoms with van der Waals surface area (Å²) in [5.41, 5.74) is 0. The summed E-state index contributed by atoms with van der Waals surface area (Å²) in [6.07, 6.45) is 13.1. The standard InChI is InChI=1S/C12H22ClN/c13-12-10-8-6-4-2-1-3-5-7-9-11-14-12/h1-11H2. The second-order valence-corrected chi connectivity index (χ2v) is 4.63. The van der Waals surface area contributed by atoms with Crippen molar-refractivity contribution in [2.24, 2.45) is 4.99 Å². The molecule has 0 N–H and O–H groups in total. The normalized spacial score (nSPS) is 22.8. The maximum atomic E-state index is 6.00. The van der Waals surface area contributed by atoms with Gasteiger partial charge in [-0.1, -0.05) is 56.5 Å². The van der Waals surface area contributed by atoms with Crippen molar-refractivity contribution in [3.8, 4) is 0 Å². The van der Waals surface area contributed by atoms with Gasteiger partial charge in [-0.3, -0.25) is 4.99 Å². The van der Waals surface area contributed by atoms with E-state index in [1.807, 2.05) is 0 Å². The highest BCUT2D eigenvalue weighted by molar-refractivity contribution is 6.65. The summed E-state index contributed by atoms with van der Waals surface area (Å²) in [5, 5.41) is 0.851. The van der Waals surface area contributed by atoms with Crippen molar-refractivity contribution >= 4 is 16.8 Å². The molecule has 0 aliphatic carbocycles. The van der Waals surface area contributed by atoms with Crippen LogP contribution in [0, 0.1) is 0 Å². The fourth-order valence-corrected chi connectivity index (χ4v) is 2.12. The van der Waals surface area contributed by atoms with Gasteiger partial charge in [0, 0.05) is 13.0 Å². The predicted octanol–water partition coefficient (Wildman–Crippen LogP) is 4.54. The molecule has 0 saturated heterocycles. The Morgan fingerprint density at radius 1 is 0.714 bits per heavy atom. The Morgan fingerprint density at radius 2 is 1.21 bits per heavy atom. The van der Waals surface area contributed by atoms with Crippen LogP contribution in [0.3, 0.4) is 0 Å². The molecule has 0 radical (unpaired) electrons. The van der Waals surface area contributed by atoms with Crippen LogP contribution in [-0.4, -0.2) is 11.7 Å². The number of aliphatic imine (C=N–C) groups is 1. The highest BCUT2D eigenvalue weighted by Crippen LogP contribution is 2.13. The Morgan fingerprint density at radius 3 is 1.86 bits per heavy atom. The van der Waals surface area contributed by atoms with E-state index in [9.17, 15) is 0 Å². The molecule has 1 heterocycles. The van der Waals surface area contributed by atoms with Crippen LogP contribution in [0.5, 0.6) is 0 Å². The largest absolute Gasteiger partial charge is 0.278 e. The van der Waals surface area contributed by atoms with Gasteiger partial charge in [0.25, 0.3) is 0 Å². The van der Waals surface area contributed by atoms with E-state index < -0.39 is 0 Å². The molecule has 1 aliphatic heterocycles. The number of hydrogen-bond acceptors (Lipinski definition) is 1. The van der Waals surface area contributed by atoms with Gasteiger partial charge >= 0.3 is 0 Å². The number of rotatable bonds is 0. The third-order valence-corrected chi connectivity index (χ3v) is 3.13. The summed E-state index contributed by atoms with van der Waals surface area (Å²) >= 11 is 6.00.